The van der Waals surface area contributed by atoms with E-state index in [-0.39, 0.29) is 18.0 Å². The third kappa shape index (κ3) is 4.41. The second-order valence-corrected chi connectivity index (χ2v) is 5.66. The summed E-state index contributed by atoms with van der Waals surface area (Å²) in [5.41, 5.74) is 0. The van der Waals surface area contributed by atoms with Crippen LogP contribution in [-0.4, -0.2) is 24.5 Å². The molecule has 4 heteroatoms. The van der Waals surface area contributed by atoms with Crippen LogP contribution < -0.4 is 0 Å². The van der Waals surface area contributed by atoms with E-state index in [2.05, 4.69) is 23.7 Å². The molecule has 0 aliphatic carbocycles. The van der Waals surface area contributed by atoms with Gasteiger partial charge in [-0.05, 0) is 36.8 Å². The van der Waals surface area contributed by atoms with Gasteiger partial charge in [-0.1, -0.05) is 25.7 Å². The first-order valence-electron chi connectivity index (χ1n) is 7.37. The molecule has 0 aromatic rings. The molecule has 1 spiro atoms. The van der Waals surface area contributed by atoms with Crippen molar-refractivity contribution in [2.24, 2.45) is 5.92 Å². The summed E-state index contributed by atoms with van der Waals surface area (Å²) < 4.78 is 16.9. The Kier molecular flexibility index (Phi) is 5.31. The van der Waals surface area contributed by atoms with Gasteiger partial charge >= 0.3 is 5.97 Å². The Balaban J connectivity index is 1.88. The maximum Gasteiger partial charge on any atom is 0.306 e. The van der Waals surface area contributed by atoms with Crippen molar-refractivity contribution in [2.45, 2.75) is 45.5 Å². The van der Waals surface area contributed by atoms with Gasteiger partial charge in [0.25, 0.3) is 0 Å². The van der Waals surface area contributed by atoms with Gasteiger partial charge in [0.15, 0.2) is 0 Å². The molecule has 2 atom stereocenters. The van der Waals surface area contributed by atoms with Gasteiger partial charge in [0, 0.05) is 12.5 Å². The standard InChI is InChI=1S/C18H20O4/c1-4-5-6-7-8-15-9-10-18(22-15)12-16(13-20-18)21-17(19)11-14(2)3/h8-10,14,16H,11-13H2,1-3H3/b15-8-/t16-,18-/m1/s1. The minimum Gasteiger partial charge on any atom is -0.460 e. The maximum atomic E-state index is 11.7. The monoisotopic (exact) mass is 300 g/mol. The second kappa shape index (κ2) is 7.20. The lowest BCUT2D eigenvalue weighted by atomic mass is 10.1. The quantitative estimate of drug-likeness (QED) is 0.593. The van der Waals surface area contributed by atoms with E-state index in [0.717, 1.165) is 0 Å². The molecular formula is C18H20O4. The van der Waals surface area contributed by atoms with Crippen LogP contribution in [0.15, 0.2) is 24.0 Å². The van der Waals surface area contributed by atoms with Crippen LogP contribution in [-0.2, 0) is 19.0 Å². The van der Waals surface area contributed by atoms with E-state index in [1.165, 1.54) is 0 Å². The van der Waals surface area contributed by atoms with Crippen LogP contribution in [0, 0.1) is 29.6 Å². The molecular weight excluding hydrogens is 280 g/mol. The normalized spacial score (nSPS) is 27.3. The number of ether oxygens (including phenoxy) is 3. The molecule has 0 aromatic heterocycles. The fourth-order valence-corrected chi connectivity index (χ4v) is 2.26. The largest absolute Gasteiger partial charge is 0.460 e. The van der Waals surface area contributed by atoms with Crippen LogP contribution in [0.1, 0.15) is 33.6 Å². The summed E-state index contributed by atoms with van der Waals surface area (Å²) in [6, 6.07) is 0. The number of carbonyl (C=O) groups excluding carboxylic acids is 1. The smallest absolute Gasteiger partial charge is 0.306 e. The second-order valence-electron chi connectivity index (χ2n) is 5.66. The van der Waals surface area contributed by atoms with E-state index in [1.807, 2.05) is 26.0 Å². The molecule has 2 aliphatic rings. The molecule has 0 bridgehead atoms. The van der Waals surface area contributed by atoms with Gasteiger partial charge in [0.05, 0.1) is 13.0 Å². The minimum absolute atomic E-state index is 0.192. The summed E-state index contributed by atoms with van der Waals surface area (Å²) in [5.74, 6) is 10.7. The van der Waals surface area contributed by atoms with Crippen molar-refractivity contribution >= 4 is 5.97 Å². The van der Waals surface area contributed by atoms with Gasteiger partial charge < -0.3 is 14.2 Å². The molecule has 116 valence electrons. The maximum absolute atomic E-state index is 11.7. The van der Waals surface area contributed by atoms with Gasteiger partial charge in [-0.3, -0.25) is 4.79 Å². The van der Waals surface area contributed by atoms with E-state index in [4.69, 9.17) is 14.2 Å². The summed E-state index contributed by atoms with van der Waals surface area (Å²) in [5, 5.41) is 0. The Hall–Kier alpha value is -2.17. The van der Waals surface area contributed by atoms with E-state index in [0.29, 0.717) is 25.2 Å². The molecule has 2 heterocycles. The van der Waals surface area contributed by atoms with E-state index >= 15 is 0 Å². The van der Waals surface area contributed by atoms with E-state index in [9.17, 15) is 4.79 Å². The van der Waals surface area contributed by atoms with Crippen molar-refractivity contribution in [1.29, 1.82) is 0 Å². The average molecular weight is 300 g/mol. The molecule has 22 heavy (non-hydrogen) atoms. The number of rotatable bonds is 3. The Morgan fingerprint density at radius 1 is 1.55 bits per heavy atom. The molecule has 2 rings (SSSR count). The summed E-state index contributed by atoms with van der Waals surface area (Å²) in [7, 11) is 0. The first-order valence-corrected chi connectivity index (χ1v) is 7.37. The van der Waals surface area contributed by atoms with Gasteiger partial charge in [-0.25, -0.2) is 0 Å². The van der Waals surface area contributed by atoms with Gasteiger partial charge in [0.1, 0.15) is 11.9 Å². The molecule has 2 aliphatic heterocycles. The summed E-state index contributed by atoms with van der Waals surface area (Å²) in [6.07, 6.45) is 5.94. The zero-order valence-electron chi connectivity index (χ0n) is 13.1. The molecule has 0 saturated carbocycles. The summed E-state index contributed by atoms with van der Waals surface area (Å²) in [4.78, 5) is 11.7. The highest BCUT2D eigenvalue weighted by Gasteiger charge is 2.45. The van der Waals surface area contributed by atoms with Crippen LogP contribution >= 0.6 is 0 Å². The van der Waals surface area contributed by atoms with Crippen LogP contribution in [0.4, 0.5) is 0 Å². The molecule has 0 aromatic carbocycles. The number of hydrogen-bond donors (Lipinski definition) is 0. The molecule has 1 fully saturated rings. The predicted octanol–water partition coefficient (Wildman–Crippen LogP) is 2.56. The first-order chi connectivity index (χ1) is 10.5. The SMILES string of the molecule is CC#CC#C/C=C1/C=C[C@]2(C[C@@H](OC(=O)CC(C)C)CO2)O1. The fraction of sp³-hybridized carbons (Fsp3) is 0.500. The number of esters is 1. The number of allylic oxidation sites excluding steroid dienone is 2. The van der Waals surface area contributed by atoms with Crippen LogP contribution in [0.5, 0.6) is 0 Å². The highest BCUT2D eigenvalue weighted by molar-refractivity contribution is 5.69. The van der Waals surface area contributed by atoms with Crippen molar-refractivity contribution in [3.63, 3.8) is 0 Å². The predicted molar refractivity (Wildman–Crippen MR) is 82.2 cm³/mol. The number of hydrogen-bond acceptors (Lipinski definition) is 4. The van der Waals surface area contributed by atoms with Crippen molar-refractivity contribution in [3.8, 4) is 23.7 Å². The minimum atomic E-state index is -0.827. The third-order valence-corrected chi connectivity index (χ3v) is 3.17. The molecule has 0 radical (unpaired) electrons. The zero-order valence-corrected chi connectivity index (χ0v) is 13.1. The molecule has 4 nitrogen and oxygen atoms in total. The zero-order chi connectivity index (χ0) is 16.0. The Morgan fingerprint density at radius 2 is 2.36 bits per heavy atom. The van der Waals surface area contributed by atoms with Crippen molar-refractivity contribution in [2.75, 3.05) is 6.61 Å². The van der Waals surface area contributed by atoms with Gasteiger partial charge in [-0.2, -0.15) is 0 Å². The topological polar surface area (TPSA) is 44.8 Å². The highest BCUT2D eigenvalue weighted by Crippen LogP contribution is 2.37. The van der Waals surface area contributed by atoms with Crippen molar-refractivity contribution < 1.29 is 19.0 Å². The van der Waals surface area contributed by atoms with Gasteiger partial charge in [0.2, 0.25) is 5.79 Å². The third-order valence-electron chi connectivity index (χ3n) is 3.17. The lowest BCUT2D eigenvalue weighted by Crippen LogP contribution is -2.26. The summed E-state index contributed by atoms with van der Waals surface area (Å²) >= 11 is 0. The van der Waals surface area contributed by atoms with E-state index < -0.39 is 5.79 Å². The molecule has 0 unspecified atom stereocenters. The summed E-state index contributed by atoms with van der Waals surface area (Å²) in [6.45, 7) is 6.04. The molecule has 0 amide bonds. The Morgan fingerprint density at radius 3 is 3.09 bits per heavy atom. The van der Waals surface area contributed by atoms with Crippen LogP contribution in [0.2, 0.25) is 0 Å². The van der Waals surface area contributed by atoms with E-state index in [1.54, 1.807) is 13.0 Å². The van der Waals surface area contributed by atoms with Crippen LogP contribution in [0.3, 0.4) is 0 Å². The Bertz CT molecular complexity index is 606. The molecule has 0 N–H and O–H groups in total. The fourth-order valence-electron chi connectivity index (χ4n) is 2.26. The highest BCUT2D eigenvalue weighted by atomic mass is 16.7. The van der Waals surface area contributed by atoms with Crippen LogP contribution in [0.25, 0.3) is 0 Å². The van der Waals surface area contributed by atoms with Crippen molar-refractivity contribution in [3.05, 3.63) is 24.0 Å². The number of carbonyl (C=O) groups is 1. The molecule has 1 saturated heterocycles. The lowest BCUT2D eigenvalue weighted by Gasteiger charge is -2.20. The van der Waals surface area contributed by atoms with Gasteiger partial charge in [-0.15, -0.1) is 0 Å². The lowest BCUT2D eigenvalue weighted by molar-refractivity contribution is -0.149. The Labute approximate surface area is 131 Å². The first kappa shape index (κ1) is 16.2. The average Bonchev–Trinajstić information content (AvgIpc) is 3.02. The van der Waals surface area contributed by atoms with Crippen molar-refractivity contribution in [1.82, 2.24) is 0 Å².